The number of hydrogen-bond acceptors (Lipinski definition) is 7. The van der Waals surface area contributed by atoms with Gasteiger partial charge in [-0.25, -0.2) is 9.98 Å². The summed E-state index contributed by atoms with van der Waals surface area (Å²) in [6, 6.07) is 7.42. The summed E-state index contributed by atoms with van der Waals surface area (Å²) in [6.45, 7) is 5.37. The fourth-order valence-electron chi connectivity index (χ4n) is 4.50. The van der Waals surface area contributed by atoms with Crippen LogP contribution in [-0.4, -0.2) is 44.3 Å². The van der Waals surface area contributed by atoms with E-state index >= 15 is 0 Å². The normalized spacial score (nSPS) is 22.3. The van der Waals surface area contributed by atoms with Gasteiger partial charge in [-0.3, -0.25) is 9.59 Å². The number of nitrogens with two attached hydrogens (primary N) is 1. The van der Waals surface area contributed by atoms with Crippen molar-refractivity contribution < 1.29 is 19.4 Å². The summed E-state index contributed by atoms with van der Waals surface area (Å²) in [7, 11) is 0. The third kappa shape index (κ3) is 4.67. The minimum atomic E-state index is -1.02. The van der Waals surface area contributed by atoms with Gasteiger partial charge in [-0.15, -0.1) is 0 Å². The number of amides is 1. The summed E-state index contributed by atoms with van der Waals surface area (Å²) in [4.78, 5) is 36.2. The molecule has 2 aliphatic rings. The Labute approximate surface area is 192 Å². The number of anilines is 1. The number of nitrogens with one attached hydrogen (secondary N) is 1. The second-order valence-corrected chi connectivity index (χ2v) is 9.22. The number of nitrogen functional groups attached to an aromatic ring is 1. The first-order valence-corrected chi connectivity index (χ1v) is 11.2. The van der Waals surface area contributed by atoms with Crippen molar-refractivity contribution in [3.05, 3.63) is 41.7 Å². The molecule has 1 amide bonds. The maximum Gasteiger partial charge on any atom is 0.325 e. The lowest BCUT2D eigenvalue weighted by Gasteiger charge is -2.32. The summed E-state index contributed by atoms with van der Waals surface area (Å²) in [6.07, 6.45) is 4.62. The number of carboxylic acid groups (broad SMARTS) is 1. The van der Waals surface area contributed by atoms with Crippen molar-refractivity contribution >= 4 is 29.1 Å². The van der Waals surface area contributed by atoms with E-state index in [1.165, 1.54) is 18.8 Å². The molecule has 1 aromatic carbocycles. The Kier molecular flexibility index (Phi) is 6.05. The van der Waals surface area contributed by atoms with Crippen LogP contribution in [-0.2, 0) is 9.59 Å². The molecule has 1 unspecified atom stereocenters. The highest BCUT2D eigenvalue weighted by Gasteiger charge is 2.35. The lowest BCUT2D eigenvalue weighted by Crippen LogP contribution is -2.42. The molecule has 1 atom stereocenters. The topological polar surface area (TPSA) is 140 Å². The molecule has 4 rings (SSSR count). The number of carbonyl (C=O) groups is 2. The molecule has 33 heavy (non-hydrogen) atoms. The predicted octanol–water partition coefficient (Wildman–Crippen LogP) is 3.21. The van der Waals surface area contributed by atoms with Gasteiger partial charge in [0, 0.05) is 11.5 Å². The fourth-order valence-corrected chi connectivity index (χ4v) is 4.50. The molecule has 1 aliphatic carbocycles. The summed E-state index contributed by atoms with van der Waals surface area (Å²) < 4.78 is 6.05. The average Bonchev–Trinajstić information content (AvgIpc) is 2.78. The van der Waals surface area contributed by atoms with Gasteiger partial charge in [0.05, 0.1) is 5.71 Å². The van der Waals surface area contributed by atoms with Crippen molar-refractivity contribution in [3.8, 4) is 5.88 Å². The van der Waals surface area contributed by atoms with E-state index in [9.17, 15) is 9.59 Å². The van der Waals surface area contributed by atoms with Crippen LogP contribution in [0.3, 0.4) is 0 Å². The van der Waals surface area contributed by atoms with Crippen molar-refractivity contribution in [2.75, 3.05) is 5.73 Å². The number of benzene rings is 1. The highest BCUT2D eigenvalue weighted by atomic mass is 16.5. The standard InChI is InChI=1S/C24H29N5O4/c1-13(23(31)32)28-21(30)17-10-6-15(7-11-17)14-4-8-16(9-5-14)19-24(2,3)33-22-18(29-19)20(25)26-12-27-22/h4-5,8-9,12-13,15,17H,6-7,10-11H2,1-3H3,(H,28,30)(H,31,32)(H2,25,26,27). The number of carbonyl (C=O) groups excluding carboxylic acids is 1. The molecule has 2 heterocycles. The van der Waals surface area contributed by atoms with Gasteiger partial charge in [-0.1, -0.05) is 24.3 Å². The van der Waals surface area contributed by atoms with Crippen LogP contribution < -0.4 is 15.8 Å². The second kappa shape index (κ2) is 8.80. The quantitative estimate of drug-likeness (QED) is 0.634. The molecule has 0 spiro atoms. The largest absolute Gasteiger partial charge is 0.480 e. The Hall–Kier alpha value is -3.49. The van der Waals surface area contributed by atoms with E-state index in [0.717, 1.165) is 37.0 Å². The molecular formula is C24H29N5O4. The van der Waals surface area contributed by atoms with Crippen LogP contribution in [0.5, 0.6) is 5.88 Å². The molecule has 1 fully saturated rings. The number of fused-ring (bicyclic) bond motifs is 1. The van der Waals surface area contributed by atoms with Crippen molar-refractivity contribution in [1.29, 1.82) is 0 Å². The van der Waals surface area contributed by atoms with Crippen LogP contribution in [0.1, 0.15) is 63.5 Å². The lowest BCUT2D eigenvalue weighted by molar-refractivity contribution is -0.142. The van der Waals surface area contributed by atoms with Crippen molar-refractivity contribution in [3.63, 3.8) is 0 Å². The first-order chi connectivity index (χ1) is 15.7. The number of aromatic nitrogens is 2. The van der Waals surface area contributed by atoms with Gasteiger partial charge in [-0.2, -0.15) is 4.98 Å². The van der Waals surface area contributed by atoms with Gasteiger partial charge in [-0.05, 0) is 57.9 Å². The van der Waals surface area contributed by atoms with E-state index in [4.69, 9.17) is 20.6 Å². The van der Waals surface area contributed by atoms with Crippen LogP contribution in [0.25, 0.3) is 0 Å². The Morgan fingerprint density at radius 3 is 2.45 bits per heavy atom. The highest BCUT2D eigenvalue weighted by Crippen LogP contribution is 2.40. The SMILES string of the molecule is CC(NC(=O)C1CCC(c2ccc(C3=Nc4c(N)ncnc4OC3(C)C)cc2)CC1)C(=O)O. The zero-order valence-corrected chi connectivity index (χ0v) is 19.0. The minimum Gasteiger partial charge on any atom is -0.480 e. The Bertz CT molecular complexity index is 1090. The van der Waals surface area contributed by atoms with Crippen LogP contribution in [0, 0.1) is 5.92 Å². The number of nitrogens with zero attached hydrogens (tertiary/aromatic N) is 3. The molecular weight excluding hydrogens is 422 g/mol. The minimum absolute atomic E-state index is 0.135. The van der Waals surface area contributed by atoms with Crippen molar-refractivity contribution in [2.24, 2.45) is 10.9 Å². The summed E-state index contributed by atoms with van der Waals surface area (Å²) in [5, 5.41) is 11.6. The zero-order valence-electron chi connectivity index (χ0n) is 19.0. The maximum atomic E-state index is 12.3. The Balaban J connectivity index is 1.45. The number of ether oxygens (including phenoxy) is 1. The lowest BCUT2D eigenvalue weighted by atomic mass is 9.78. The molecule has 9 nitrogen and oxygen atoms in total. The fraction of sp³-hybridized carbons (Fsp3) is 0.458. The van der Waals surface area contributed by atoms with E-state index in [1.807, 2.05) is 26.0 Å². The molecule has 0 saturated heterocycles. The summed E-state index contributed by atoms with van der Waals surface area (Å²) in [5.74, 6) is -0.298. The van der Waals surface area contributed by atoms with E-state index in [0.29, 0.717) is 17.5 Å². The van der Waals surface area contributed by atoms with E-state index in [1.54, 1.807) is 0 Å². The van der Waals surface area contributed by atoms with Crippen LogP contribution in [0.4, 0.5) is 11.5 Å². The van der Waals surface area contributed by atoms with Crippen LogP contribution >= 0.6 is 0 Å². The molecule has 1 aliphatic heterocycles. The Morgan fingerprint density at radius 1 is 1.15 bits per heavy atom. The number of rotatable bonds is 5. The van der Waals surface area contributed by atoms with Crippen LogP contribution in [0.2, 0.25) is 0 Å². The van der Waals surface area contributed by atoms with Crippen molar-refractivity contribution in [1.82, 2.24) is 15.3 Å². The van der Waals surface area contributed by atoms with Gasteiger partial charge >= 0.3 is 5.97 Å². The van der Waals surface area contributed by atoms with Crippen molar-refractivity contribution in [2.45, 2.75) is 64.0 Å². The van der Waals surface area contributed by atoms with E-state index < -0.39 is 17.6 Å². The molecule has 1 aromatic heterocycles. The predicted molar refractivity (Wildman–Crippen MR) is 124 cm³/mol. The third-order valence-corrected chi connectivity index (χ3v) is 6.45. The zero-order chi connectivity index (χ0) is 23.8. The second-order valence-electron chi connectivity index (χ2n) is 9.22. The number of hydrogen-bond donors (Lipinski definition) is 3. The maximum absolute atomic E-state index is 12.3. The number of aliphatic carboxylic acids is 1. The van der Waals surface area contributed by atoms with Gasteiger partial charge in [0.1, 0.15) is 18.0 Å². The third-order valence-electron chi connectivity index (χ3n) is 6.45. The van der Waals surface area contributed by atoms with Gasteiger partial charge in [0.15, 0.2) is 11.5 Å². The van der Waals surface area contributed by atoms with Gasteiger partial charge < -0.3 is 20.9 Å². The molecule has 0 radical (unpaired) electrons. The smallest absolute Gasteiger partial charge is 0.325 e. The molecule has 174 valence electrons. The monoisotopic (exact) mass is 451 g/mol. The van der Waals surface area contributed by atoms with E-state index in [2.05, 4.69) is 27.4 Å². The molecule has 0 bridgehead atoms. The van der Waals surface area contributed by atoms with Crippen LogP contribution in [0.15, 0.2) is 35.6 Å². The first-order valence-electron chi connectivity index (χ1n) is 11.2. The summed E-state index contributed by atoms with van der Waals surface area (Å²) in [5.41, 5.74) is 8.66. The number of carboxylic acids is 1. The molecule has 9 heteroatoms. The van der Waals surface area contributed by atoms with E-state index in [-0.39, 0.29) is 17.6 Å². The van der Waals surface area contributed by atoms with Gasteiger partial charge in [0.2, 0.25) is 11.8 Å². The Morgan fingerprint density at radius 2 is 1.82 bits per heavy atom. The molecule has 1 saturated carbocycles. The summed E-state index contributed by atoms with van der Waals surface area (Å²) >= 11 is 0. The molecule has 2 aromatic rings. The molecule has 4 N–H and O–H groups in total. The highest BCUT2D eigenvalue weighted by molar-refractivity contribution is 6.09. The number of aliphatic imine (C=N–C) groups is 1. The average molecular weight is 452 g/mol. The van der Waals surface area contributed by atoms with Gasteiger partial charge in [0.25, 0.3) is 0 Å². The first kappa shape index (κ1) is 22.7.